The second kappa shape index (κ2) is 5.65. The quantitative estimate of drug-likeness (QED) is 0.248. The van der Waals surface area contributed by atoms with Crippen LogP contribution in [0.1, 0.15) is 0 Å². The molecule has 5 aromatic heterocycles. The van der Waals surface area contributed by atoms with Crippen LogP contribution in [0.3, 0.4) is 0 Å². The van der Waals surface area contributed by atoms with Gasteiger partial charge in [0, 0.05) is 0 Å². The number of aromatic amines is 4. The monoisotopic (exact) mass is 374 g/mol. The number of aromatic hydroxyl groups is 2. The Morgan fingerprint density at radius 2 is 0.643 bits per heavy atom. The van der Waals surface area contributed by atoms with E-state index in [0.29, 0.717) is 22.1 Å². The highest BCUT2D eigenvalue weighted by Crippen LogP contribution is 2.26. The predicted octanol–water partition coefficient (Wildman–Crippen LogP) is 2.87. The van der Waals surface area contributed by atoms with E-state index in [1.165, 1.54) is 12.1 Å². The standard InChI is InChI=1S/C20H14N4O4/c25-17-9-1-2-10(21-9)18(26)12-5-6-14(23-12)20(28)16-8-7-15(24-16)19(27)13-4-3-11(17)22-13/h1-8,21-26H. The van der Waals surface area contributed by atoms with Crippen molar-refractivity contribution in [3.63, 3.8) is 0 Å². The van der Waals surface area contributed by atoms with E-state index in [0.717, 1.165) is 0 Å². The van der Waals surface area contributed by atoms with Gasteiger partial charge in [-0.1, -0.05) is 0 Å². The molecule has 0 spiro atoms. The van der Waals surface area contributed by atoms with Crippen LogP contribution in [0.4, 0.5) is 0 Å². The highest BCUT2D eigenvalue weighted by atomic mass is 16.3. The summed E-state index contributed by atoms with van der Waals surface area (Å²) in [5.41, 5.74) is 1.74. The summed E-state index contributed by atoms with van der Waals surface area (Å²) in [5, 5.41) is 21.0. The average molecular weight is 374 g/mol. The number of hydrogen-bond donors (Lipinski definition) is 6. The van der Waals surface area contributed by atoms with Crippen molar-refractivity contribution in [2.45, 2.75) is 0 Å². The van der Waals surface area contributed by atoms with Crippen molar-refractivity contribution in [2.24, 2.45) is 0 Å². The molecule has 8 heteroatoms. The minimum absolute atomic E-state index is 0.0975. The predicted molar refractivity (Wildman–Crippen MR) is 107 cm³/mol. The molecule has 0 unspecified atom stereocenters. The zero-order chi connectivity index (χ0) is 19.4. The molecule has 138 valence electrons. The summed E-state index contributed by atoms with van der Waals surface area (Å²) in [6.45, 7) is 0. The Bertz CT molecular complexity index is 1470. The molecule has 0 aliphatic heterocycles. The maximum absolute atomic E-state index is 12.7. The van der Waals surface area contributed by atoms with E-state index in [9.17, 15) is 19.8 Å². The van der Waals surface area contributed by atoms with Crippen molar-refractivity contribution in [2.75, 3.05) is 0 Å². The maximum atomic E-state index is 12.7. The van der Waals surface area contributed by atoms with Gasteiger partial charge in [0.1, 0.15) is 0 Å². The number of H-pyrrole nitrogens is 4. The van der Waals surface area contributed by atoms with E-state index in [1.54, 1.807) is 36.4 Å². The van der Waals surface area contributed by atoms with Gasteiger partial charge in [-0.15, -0.1) is 0 Å². The zero-order valence-corrected chi connectivity index (χ0v) is 14.3. The lowest BCUT2D eigenvalue weighted by molar-refractivity contribution is 0.483. The summed E-state index contributed by atoms with van der Waals surface area (Å²) >= 11 is 0. The number of nitrogens with one attached hydrogen (secondary N) is 4. The van der Waals surface area contributed by atoms with Gasteiger partial charge in [0.05, 0.1) is 44.1 Å². The van der Waals surface area contributed by atoms with Crippen LogP contribution in [-0.2, 0) is 0 Å². The van der Waals surface area contributed by atoms with Crippen LogP contribution >= 0.6 is 0 Å². The van der Waals surface area contributed by atoms with Crippen LogP contribution in [0, 0.1) is 0 Å². The summed E-state index contributed by atoms with van der Waals surface area (Å²) in [6, 6.07) is 12.5. The molecule has 0 saturated carbocycles. The van der Waals surface area contributed by atoms with Crippen molar-refractivity contribution in [1.29, 1.82) is 0 Å². The van der Waals surface area contributed by atoms with Crippen LogP contribution in [-0.4, -0.2) is 30.1 Å². The molecule has 8 bridgehead atoms. The molecule has 0 aliphatic carbocycles. The molecule has 0 aromatic carbocycles. The molecule has 5 rings (SSSR count). The van der Waals surface area contributed by atoms with Crippen molar-refractivity contribution >= 4 is 44.1 Å². The van der Waals surface area contributed by atoms with Gasteiger partial charge in [0.15, 0.2) is 11.5 Å². The van der Waals surface area contributed by atoms with Crippen molar-refractivity contribution in [3.05, 3.63) is 69.0 Å². The van der Waals surface area contributed by atoms with Gasteiger partial charge in [-0.3, -0.25) is 9.59 Å². The van der Waals surface area contributed by atoms with Gasteiger partial charge in [-0.2, -0.15) is 0 Å². The van der Waals surface area contributed by atoms with E-state index in [4.69, 9.17) is 0 Å². The molecule has 6 N–H and O–H groups in total. The Kier molecular flexibility index (Phi) is 3.23. The molecule has 0 radical (unpaired) electrons. The summed E-state index contributed by atoms with van der Waals surface area (Å²) in [4.78, 5) is 36.9. The maximum Gasteiger partial charge on any atom is 0.225 e. The van der Waals surface area contributed by atoms with Crippen molar-refractivity contribution in [3.8, 4) is 11.5 Å². The number of fused-ring (bicyclic) bond motifs is 8. The molecule has 5 aromatic rings. The minimum Gasteiger partial charge on any atom is -0.504 e. The molecule has 28 heavy (non-hydrogen) atoms. The third-order valence-electron chi connectivity index (χ3n) is 4.74. The number of rotatable bonds is 0. The zero-order valence-electron chi connectivity index (χ0n) is 14.3. The van der Waals surface area contributed by atoms with E-state index in [1.807, 2.05) is 0 Å². The first kappa shape index (κ1) is 16.0. The third kappa shape index (κ3) is 2.32. The fourth-order valence-electron chi connectivity index (χ4n) is 3.24. The SMILES string of the molecule is O=c1c2ccc([nH]2)c(O)c2ccc([nH]2)c(O)c2ccc([nH]2)c(=O)c2ccc1[nH]2. The first-order valence-corrected chi connectivity index (χ1v) is 8.50. The van der Waals surface area contributed by atoms with Crippen LogP contribution in [0.25, 0.3) is 44.1 Å². The van der Waals surface area contributed by atoms with Crippen LogP contribution in [0.2, 0.25) is 0 Å². The number of aromatic nitrogens is 4. The van der Waals surface area contributed by atoms with Gasteiger partial charge in [-0.25, -0.2) is 0 Å². The molecular weight excluding hydrogens is 360 g/mol. The van der Waals surface area contributed by atoms with Gasteiger partial charge < -0.3 is 30.1 Å². The first-order chi connectivity index (χ1) is 13.5. The van der Waals surface area contributed by atoms with E-state index >= 15 is 0 Å². The normalized spacial score (nSPS) is 11.4. The van der Waals surface area contributed by atoms with Crippen LogP contribution in [0.15, 0.2) is 58.1 Å². The third-order valence-corrected chi connectivity index (χ3v) is 4.74. The first-order valence-electron chi connectivity index (χ1n) is 8.50. The Morgan fingerprint density at radius 3 is 0.964 bits per heavy atom. The fourth-order valence-corrected chi connectivity index (χ4v) is 3.24. The summed E-state index contributed by atoms with van der Waals surface area (Å²) < 4.78 is 0. The highest BCUT2D eigenvalue weighted by Gasteiger charge is 2.06. The minimum atomic E-state index is -0.337. The molecule has 0 saturated heterocycles. The van der Waals surface area contributed by atoms with Gasteiger partial charge in [-0.05, 0) is 48.5 Å². The molecule has 8 nitrogen and oxygen atoms in total. The Hall–Kier alpha value is -4.20. The number of hydrogen-bond acceptors (Lipinski definition) is 4. The molecule has 0 amide bonds. The van der Waals surface area contributed by atoms with E-state index < -0.39 is 0 Å². The van der Waals surface area contributed by atoms with Crippen molar-refractivity contribution in [1.82, 2.24) is 19.9 Å². The molecule has 5 heterocycles. The fraction of sp³-hybridized carbons (Fsp3) is 0. The lowest BCUT2D eigenvalue weighted by Crippen LogP contribution is -2.01. The topological polar surface area (TPSA) is 138 Å². The molecule has 0 atom stereocenters. The van der Waals surface area contributed by atoms with E-state index in [2.05, 4.69) is 19.9 Å². The van der Waals surface area contributed by atoms with Gasteiger partial charge >= 0.3 is 0 Å². The summed E-state index contributed by atoms with van der Waals surface area (Å²) in [5.74, 6) is -0.195. The van der Waals surface area contributed by atoms with Crippen molar-refractivity contribution < 1.29 is 10.2 Å². The lowest BCUT2D eigenvalue weighted by atomic mass is 10.3. The van der Waals surface area contributed by atoms with E-state index in [-0.39, 0.29) is 44.4 Å². The van der Waals surface area contributed by atoms with Gasteiger partial charge in [0.2, 0.25) is 10.9 Å². The summed E-state index contributed by atoms with van der Waals surface area (Å²) in [6.07, 6.45) is 0. The Labute approximate surface area is 155 Å². The van der Waals surface area contributed by atoms with Crippen LogP contribution in [0.5, 0.6) is 11.5 Å². The van der Waals surface area contributed by atoms with Gasteiger partial charge in [0.25, 0.3) is 0 Å². The molecule has 0 fully saturated rings. The largest absolute Gasteiger partial charge is 0.504 e. The second-order valence-corrected chi connectivity index (χ2v) is 6.50. The lowest BCUT2D eigenvalue weighted by Gasteiger charge is -1.92. The second-order valence-electron chi connectivity index (χ2n) is 6.50. The Balaban J connectivity index is 2.04. The molecule has 0 aliphatic rings. The Morgan fingerprint density at radius 1 is 0.429 bits per heavy atom. The average Bonchev–Trinajstić information content (AvgIpc) is 3.49. The summed E-state index contributed by atoms with van der Waals surface area (Å²) in [7, 11) is 0. The highest BCUT2D eigenvalue weighted by molar-refractivity contribution is 5.83. The molecular formula is C20H14N4O4. The van der Waals surface area contributed by atoms with Crippen LogP contribution < -0.4 is 10.9 Å². The smallest absolute Gasteiger partial charge is 0.225 e.